The smallest absolute Gasteiger partial charge is 0.407 e. The van der Waals surface area contributed by atoms with Crippen molar-refractivity contribution in [1.82, 2.24) is 10.6 Å². The van der Waals surface area contributed by atoms with Crippen molar-refractivity contribution in [3.05, 3.63) is 0 Å². The number of alkyl carbamates (subject to hydrolysis) is 1. The predicted molar refractivity (Wildman–Crippen MR) is 129 cm³/mol. The second-order valence-electron chi connectivity index (χ2n) is 8.06. The van der Waals surface area contributed by atoms with E-state index < -0.39 is 0 Å². The Bertz CT molecular complexity index is 273. The van der Waals surface area contributed by atoms with Crippen molar-refractivity contribution >= 4 is 6.09 Å². The van der Waals surface area contributed by atoms with Gasteiger partial charge in [0.25, 0.3) is 0 Å². The van der Waals surface area contributed by atoms with Crippen molar-refractivity contribution in [2.75, 3.05) is 26.2 Å². The first kappa shape index (κ1) is 30.4. The molecular formula is C25H54N2O2. The molecule has 0 heterocycles. The van der Waals surface area contributed by atoms with Gasteiger partial charge in [-0.05, 0) is 38.8 Å². The van der Waals surface area contributed by atoms with Gasteiger partial charge in [-0.3, -0.25) is 0 Å². The summed E-state index contributed by atoms with van der Waals surface area (Å²) in [5, 5.41) is 6.27. The third-order valence-electron chi connectivity index (χ3n) is 4.94. The summed E-state index contributed by atoms with van der Waals surface area (Å²) < 4.78 is 5.05. The van der Waals surface area contributed by atoms with E-state index in [1.54, 1.807) is 0 Å². The van der Waals surface area contributed by atoms with Crippen LogP contribution in [0.25, 0.3) is 0 Å². The molecule has 0 fully saturated rings. The highest BCUT2D eigenvalue weighted by molar-refractivity contribution is 5.66. The van der Waals surface area contributed by atoms with Crippen LogP contribution < -0.4 is 10.6 Å². The maximum absolute atomic E-state index is 11.2. The molecule has 0 saturated heterocycles. The van der Waals surface area contributed by atoms with Gasteiger partial charge in [-0.15, -0.1) is 0 Å². The molecule has 0 aromatic carbocycles. The van der Waals surface area contributed by atoms with Crippen LogP contribution in [0.15, 0.2) is 0 Å². The topological polar surface area (TPSA) is 50.4 Å². The Labute approximate surface area is 183 Å². The lowest BCUT2D eigenvalue weighted by Gasteiger charge is -2.06. The number of ether oxygens (including phenoxy) is 1. The maximum atomic E-state index is 11.2. The molecule has 0 aliphatic rings. The van der Waals surface area contributed by atoms with Crippen LogP contribution >= 0.6 is 0 Å². The summed E-state index contributed by atoms with van der Waals surface area (Å²) in [5.41, 5.74) is 0. The highest BCUT2D eigenvalue weighted by Crippen LogP contribution is 2.00. The summed E-state index contributed by atoms with van der Waals surface area (Å²) >= 11 is 0. The summed E-state index contributed by atoms with van der Waals surface area (Å²) in [6.45, 7) is 12.6. The molecule has 0 aromatic heterocycles. The molecule has 0 spiro atoms. The van der Waals surface area contributed by atoms with E-state index in [-0.39, 0.29) is 6.09 Å². The third kappa shape index (κ3) is 32.1. The fraction of sp³-hybridized carbons (Fsp3) is 0.960. The van der Waals surface area contributed by atoms with Gasteiger partial charge < -0.3 is 15.4 Å². The Balaban J connectivity index is 0. The van der Waals surface area contributed by atoms with E-state index in [1.165, 1.54) is 96.6 Å². The highest BCUT2D eigenvalue weighted by Gasteiger charge is 1.99. The van der Waals surface area contributed by atoms with Crippen molar-refractivity contribution in [3.8, 4) is 0 Å². The summed E-state index contributed by atoms with van der Waals surface area (Å²) in [4.78, 5) is 11.2. The molecule has 0 saturated carbocycles. The minimum Gasteiger partial charge on any atom is -0.450 e. The maximum Gasteiger partial charge on any atom is 0.407 e. The quantitative estimate of drug-likeness (QED) is 0.201. The molecule has 0 radical (unpaired) electrons. The average Bonchev–Trinajstić information content (AvgIpc) is 2.73. The fourth-order valence-electron chi connectivity index (χ4n) is 2.97. The SMILES string of the molecule is CCCCCCNC(=O)OCCCCCC.CCCCCCNCCCCCC. The van der Waals surface area contributed by atoms with Crippen molar-refractivity contribution in [2.24, 2.45) is 0 Å². The van der Waals surface area contributed by atoms with E-state index in [9.17, 15) is 4.79 Å². The molecule has 0 aromatic rings. The molecule has 0 bridgehead atoms. The number of rotatable bonds is 20. The fourth-order valence-corrected chi connectivity index (χ4v) is 2.97. The van der Waals surface area contributed by atoms with Gasteiger partial charge in [-0.25, -0.2) is 4.79 Å². The number of carbonyl (C=O) groups excluding carboxylic acids is 1. The zero-order valence-electron chi connectivity index (χ0n) is 20.5. The normalized spacial score (nSPS) is 10.3. The molecule has 0 atom stereocenters. The molecule has 176 valence electrons. The van der Waals surface area contributed by atoms with Crippen LogP contribution in [0.2, 0.25) is 0 Å². The van der Waals surface area contributed by atoms with Gasteiger partial charge in [-0.2, -0.15) is 0 Å². The Kier molecular flexibility index (Phi) is 30.9. The van der Waals surface area contributed by atoms with Crippen LogP contribution in [0, 0.1) is 0 Å². The summed E-state index contributed by atoms with van der Waals surface area (Å²) in [6.07, 6.45) is 20.0. The van der Waals surface area contributed by atoms with Crippen LogP contribution in [-0.2, 0) is 4.74 Å². The number of hydrogen-bond donors (Lipinski definition) is 2. The highest BCUT2D eigenvalue weighted by atomic mass is 16.5. The lowest BCUT2D eigenvalue weighted by atomic mass is 10.2. The van der Waals surface area contributed by atoms with Crippen LogP contribution in [-0.4, -0.2) is 32.3 Å². The summed E-state index contributed by atoms with van der Waals surface area (Å²) in [5.74, 6) is 0. The number of carbonyl (C=O) groups is 1. The Morgan fingerprint density at radius 2 is 0.966 bits per heavy atom. The molecular weight excluding hydrogens is 360 g/mol. The van der Waals surface area contributed by atoms with E-state index in [0.717, 1.165) is 25.8 Å². The zero-order chi connectivity index (χ0) is 21.8. The van der Waals surface area contributed by atoms with Crippen molar-refractivity contribution in [3.63, 3.8) is 0 Å². The molecule has 0 rings (SSSR count). The molecule has 1 amide bonds. The molecule has 2 N–H and O–H groups in total. The average molecular weight is 415 g/mol. The first-order valence-corrected chi connectivity index (χ1v) is 12.8. The van der Waals surface area contributed by atoms with Crippen molar-refractivity contribution < 1.29 is 9.53 Å². The molecule has 0 aliphatic heterocycles. The lowest BCUT2D eigenvalue weighted by molar-refractivity contribution is 0.143. The van der Waals surface area contributed by atoms with E-state index >= 15 is 0 Å². The van der Waals surface area contributed by atoms with Gasteiger partial charge in [-0.1, -0.05) is 105 Å². The summed E-state index contributed by atoms with van der Waals surface area (Å²) in [7, 11) is 0. The van der Waals surface area contributed by atoms with Gasteiger partial charge in [0.05, 0.1) is 6.61 Å². The molecule has 29 heavy (non-hydrogen) atoms. The number of hydrogen-bond acceptors (Lipinski definition) is 3. The minimum atomic E-state index is -0.256. The van der Waals surface area contributed by atoms with Gasteiger partial charge in [0.15, 0.2) is 0 Å². The van der Waals surface area contributed by atoms with E-state index in [2.05, 4.69) is 38.3 Å². The second kappa shape index (κ2) is 29.4. The second-order valence-corrected chi connectivity index (χ2v) is 8.06. The zero-order valence-corrected chi connectivity index (χ0v) is 20.5. The van der Waals surface area contributed by atoms with Gasteiger partial charge in [0.1, 0.15) is 0 Å². The van der Waals surface area contributed by atoms with Crippen LogP contribution in [0.3, 0.4) is 0 Å². The lowest BCUT2D eigenvalue weighted by Crippen LogP contribution is -2.25. The first-order chi connectivity index (χ1) is 14.2. The number of amides is 1. The van der Waals surface area contributed by atoms with Gasteiger partial charge >= 0.3 is 6.09 Å². The van der Waals surface area contributed by atoms with E-state index in [1.807, 2.05) is 0 Å². The van der Waals surface area contributed by atoms with E-state index in [4.69, 9.17) is 4.74 Å². The van der Waals surface area contributed by atoms with E-state index in [0.29, 0.717) is 6.61 Å². The number of nitrogens with one attached hydrogen (secondary N) is 2. The van der Waals surface area contributed by atoms with Gasteiger partial charge in [0.2, 0.25) is 0 Å². The molecule has 4 heteroatoms. The van der Waals surface area contributed by atoms with Crippen molar-refractivity contribution in [1.29, 1.82) is 0 Å². The number of unbranched alkanes of at least 4 members (excludes halogenated alkanes) is 12. The van der Waals surface area contributed by atoms with Crippen LogP contribution in [0.4, 0.5) is 4.79 Å². The Hall–Kier alpha value is -0.770. The Morgan fingerprint density at radius 1 is 0.552 bits per heavy atom. The first-order valence-electron chi connectivity index (χ1n) is 12.8. The Morgan fingerprint density at radius 3 is 1.41 bits per heavy atom. The van der Waals surface area contributed by atoms with Crippen LogP contribution in [0.5, 0.6) is 0 Å². The largest absolute Gasteiger partial charge is 0.450 e. The minimum absolute atomic E-state index is 0.256. The van der Waals surface area contributed by atoms with Crippen LogP contribution in [0.1, 0.15) is 130 Å². The standard InChI is InChI=1S/C13H27NO2.C12H27N/c1-3-5-7-9-11-14-13(15)16-12-10-8-6-4-2;1-3-5-7-9-11-13-12-10-8-6-4-2/h3-12H2,1-2H3,(H,14,15);13H,3-12H2,1-2H3. The molecule has 0 aliphatic carbocycles. The molecule has 0 unspecified atom stereocenters. The monoisotopic (exact) mass is 414 g/mol. The molecule has 4 nitrogen and oxygen atoms in total. The third-order valence-corrected chi connectivity index (χ3v) is 4.94. The van der Waals surface area contributed by atoms with Gasteiger partial charge in [0, 0.05) is 6.54 Å². The van der Waals surface area contributed by atoms with Crippen molar-refractivity contribution in [2.45, 2.75) is 130 Å². The predicted octanol–water partition coefficient (Wildman–Crippen LogP) is 7.61. The summed E-state index contributed by atoms with van der Waals surface area (Å²) in [6, 6.07) is 0.